The van der Waals surface area contributed by atoms with Gasteiger partial charge in [0.05, 0.1) is 54.2 Å². The van der Waals surface area contributed by atoms with Gasteiger partial charge in [-0.15, -0.1) is 0 Å². The van der Waals surface area contributed by atoms with Crippen molar-refractivity contribution in [3.63, 3.8) is 0 Å². The zero-order valence-corrected chi connectivity index (χ0v) is 22.6. The van der Waals surface area contributed by atoms with Crippen molar-refractivity contribution in [1.82, 2.24) is 19.6 Å². The first-order chi connectivity index (χ1) is 19.3. The van der Waals surface area contributed by atoms with E-state index < -0.39 is 17.2 Å². The third-order valence-electron chi connectivity index (χ3n) is 8.28. The molecule has 0 unspecified atom stereocenters. The first-order valence-corrected chi connectivity index (χ1v) is 13.3. The van der Waals surface area contributed by atoms with Crippen molar-refractivity contribution in [3.8, 4) is 11.3 Å². The predicted octanol–water partition coefficient (Wildman–Crippen LogP) is 4.54. The Kier molecular flexibility index (Phi) is 6.99. The second-order valence-corrected chi connectivity index (χ2v) is 10.7. The van der Waals surface area contributed by atoms with E-state index in [0.717, 1.165) is 24.1 Å². The average Bonchev–Trinajstić information content (AvgIpc) is 3.30. The molecule has 11 heteroatoms. The molecule has 9 nitrogen and oxygen atoms in total. The van der Waals surface area contributed by atoms with E-state index in [1.165, 1.54) is 23.8 Å². The third-order valence-corrected chi connectivity index (χ3v) is 8.28. The molecule has 0 amide bonds. The second kappa shape index (κ2) is 10.5. The number of methoxy groups -OCH3 is 2. The molecule has 4 aromatic rings. The molecule has 2 fully saturated rings. The molecule has 4 heterocycles. The highest BCUT2D eigenvalue weighted by Gasteiger charge is 2.42. The lowest BCUT2D eigenvalue weighted by molar-refractivity contribution is -0.202. The predicted molar refractivity (Wildman–Crippen MR) is 145 cm³/mol. The Morgan fingerprint density at radius 3 is 2.52 bits per heavy atom. The summed E-state index contributed by atoms with van der Waals surface area (Å²) in [6.45, 7) is 2.64. The third kappa shape index (κ3) is 4.52. The van der Waals surface area contributed by atoms with Crippen LogP contribution in [-0.4, -0.2) is 59.2 Å². The minimum atomic E-state index is -0.842. The highest BCUT2D eigenvalue weighted by Crippen LogP contribution is 2.40. The quantitative estimate of drug-likeness (QED) is 0.345. The van der Waals surface area contributed by atoms with Crippen LogP contribution in [0.25, 0.3) is 16.8 Å². The summed E-state index contributed by atoms with van der Waals surface area (Å²) < 4.78 is 48.5. The molecule has 0 spiro atoms. The molecule has 0 radical (unpaired) electrons. The Hall–Kier alpha value is -3.51. The van der Waals surface area contributed by atoms with Crippen LogP contribution >= 0.6 is 0 Å². The van der Waals surface area contributed by atoms with Crippen molar-refractivity contribution >= 4 is 17.2 Å². The van der Waals surface area contributed by atoms with Crippen molar-refractivity contribution in [2.45, 2.75) is 43.4 Å². The lowest BCUT2D eigenvalue weighted by atomic mass is 9.74. The number of pyridine rings is 1. The van der Waals surface area contributed by atoms with Crippen LogP contribution in [0.1, 0.15) is 36.8 Å². The number of anilines is 2. The molecule has 3 N–H and O–H groups in total. The van der Waals surface area contributed by atoms with Gasteiger partial charge in [-0.1, -0.05) is 6.92 Å². The fourth-order valence-corrected chi connectivity index (χ4v) is 6.08. The standard InChI is InChI=1S/C29H32F2N6O3/c1-16-8-17(9-23(32)27(16)38-2)20-6-7-33-13-25(20)35-28-34-12-19-4-5-24(36-37(19)28)26-21(30)10-18(11-22(26)31)29(39-3)14-40-15-29/h4-7,10-13,16-17,23,27H,8-9,14-15,32H2,1-3H3,(H,34,35)/t16-,17+,23+,27+/m0/s1. The Balaban J connectivity index is 1.32. The number of hydrogen-bond donors (Lipinski definition) is 2. The van der Waals surface area contributed by atoms with Crippen molar-refractivity contribution in [2.24, 2.45) is 11.7 Å². The van der Waals surface area contributed by atoms with E-state index in [2.05, 4.69) is 27.3 Å². The number of imidazole rings is 1. The maximum Gasteiger partial charge on any atom is 0.229 e. The summed E-state index contributed by atoms with van der Waals surface area (Å²) in [6, 6.07) is 7.78. The molecule has 0 bridgehead atoms. The summed E-state index contributed by atoms with van der Waals surface area (Å²) in [7, 11) is 3.21. The summed E-state index contributed by atoms with van der Waals surface area (Å²) in [5.74, 6) is -0.563. The number of benzene rings is 1. The molecule has 4 atom stereocenters. The number of aromatic nitrogens is 4. The number of hydrogen-bond acceptors (Lipinski definition) is 8. The summed E-state index contributed by atoms with van der Waals surface area (Å²) in [4.78, 5) is 8.80. The maximum atomic E-state index is 15.3. The molecule has 6 rings (SSSR count). The zero-order valence-electron chi connectivity index (χ0n) is 22.6. The smallest absolute Gasteiger partial charge is 0.229 e. The van der Waals surface area contributed by atoms with E-state index in [1.54, 1.807) is 37.8 Å². The SMILES string of the molecule is CO[C@H]1[C@H](N)C[C@H](c2ccncc2Nc2ncc3ccc(-c4c(F)cc(C5(OC)COC5)cc4F)nn23)C[C@@H]1C. The number of fused-ring (bicyclic) bond motifs is 1. The first kappa shape index (κ1) is 26.7. The minimum absolute atomic E-state index is 0.0188. The van der Waals surface area contributed by atoms with E-state index in [4.69, 9.17) is 19.9 Å². The number of nitrogens with zero attached hydrogens (tertiary/aromatic N) is 4. The summed E-state index contributed by atoms with van der Waals surface area (Å²) in [5.41, 5.74) is 8.42. The van der Waals surface area contributed by atoms with Crippen LogP contribution in [0.5, 0.6) is 0 Å². The van der Waals surface area contributed by atoms with Crippen molar-refractivity contribution < 1.29 is 23.0 Å². The zero-order chi connectivity index (χ0) is 28.0. The van der Waals surface area contributed by atoms with Gasteiger partial charge >= 0.3 is 0 Å². The fraction of sp³-hybridized carbons (Fsp3) is 0.414. The monoisotopic (exact) mass is 550 g/mol. The molecule has 3 aromatic heterocycles. The number of nitrogens with two attached hydrogens (primary N) is 1. The van der Waals surface area contributed by atoms with Gasteiger partial charge in [0.25, 0.3) is 0 Å². The summed E-state index contributed by atoms with van der Waals surface area (Å²) in [6.07, 6.45) is 6.86. The lowest BCUT2D eigenvalue weighted by Gasteiger charge is -2.40. The Labute approximate surface area is 230 Å². The van der Waals surface area contributed by atoms with E-state index in [0.29, 0.717) is 22.9 Å². The van der Waals surface area contributed by atoms with Gasteiger partial charge in [-0.25, -0.2) is 13.8 Å². The van der Waals surface area contributed by atoms with E-state index >= 15 is 8.78 Å². The second-order valence-electron chi connectivity index (χ2n) is 10.7. The number of nitrogens with one attached hydrogen (secondary N) is 1. The highest BCUT2D eigenvalue weighted by atomic mass is 19.1. The summed E-state index contributed by atoms with van der Waals surface area (Å²) in [5, 5.41) is 7.90. The van der Waals surface area contributed by atoms with Gasteiger partial charge in [0.2, 0.25) is 5.95 Å². The normalized spacial score (nSPS) is 24.1. The van der Waals surface area contributed by atoms with Gasteiger partial charge in [0.15, 0.2) is 0 Å². The Bertz CT molecular complexity index is 1500. The fourth-order valence-electron chi connectivity index (χ4n) is 6.08. The maximum absolute atomic E-state index is 15.3. The largest absolute Gasteiger partial charge is 0.380 e. The van der Waals surface area contributed by atoms with Gasteiger partial charge < -0.3 is 25.3 Å². The van der Waals surface area contributed by atoms with Crippen LogP contribution in [0.3, 0.4) is 0 Å². The molecule has 40 heavy (non-hydrogen) atoms. The molecule has 2 aliphatic rings. The van der Waals surface area contributed by atoms with Crippen molar-refractivity contribution in [3.05, 3.63) is 71.7 Å². The van der Waals surface area contributed by atoms with Gasteiger partial charge in [-0.3, -0.25) is 4.98 Å². The molecule has 210 valence electrons. The topological polar surface area (TPSA) is 109 Å². The number of rotatable bonds is 7. The van der Waals surface area contributed by atoms with Crippen molar-refractivity contribution in [1.29, 1.82) is 0 Å². The first-order valence-electron chi connectivity index (χ1n) is 13.3. The average molecular weight is 551 g/mol. The Morgan fingerprint density at radius 2 is 1.88 bits per heavy atom. The Morgan fingerprint density at radius 1 is 1.10 bits per heavy atom. The van der Waals surface area contributed by atoms with E-state index in [9.17, 15) is 0 Å². The summed E-state index contributed by atoms with van der Waals surface area (Å²) >= 11 is 0. The van der Waals surface area contributed by atoms with Crippen LogP contribution in [0.2, 0.25) is 0 Å². The molecule has 1 aliphatic carbocycles. The van der Waals surface area contributed by atoms with Gasteiger partial charge in [0, 0.05) is 26.5 Å². The van der Waals surface area contributed by atoms with Crippen LogP contribution in [0.15, 0.2) is 48.9 Å². The lowest BCUT2D eigenvalue weighted by Crippen LogP contribution is -2.48. The van der Waals surface area contributed by atoms with E-state index in [-0.39, 0.29) is 42.5 Å². The molecule has 1 saturated carbocycles. The van der Waals surface area contributed by atoms with Gasteiger partial charge in [0.1, 0.15) is 17.2 Å². The molecule has 1 saturated heterocycles. The van der Waals surface area contributed by atoms with Crippen LogP contribution in [-0.2, 0) is 19.8 Å². The molecule has 1 aliphatic heterocycles. The molecule has 1 aromatic carbocycles. The molecular weight excluding hydrogens is 518 g/mol. The van der Waals surface area contributed by atoms with Crippen LogP contribution in [0, 0.1) is 17.6 Å². The van der Waals surface area contributed by atoms with Gasteiger partial charge in [-0.2, -0.15) is 9.61 Å². The molecular formula is C29H32F2N6O3. The highest BCUT2D eigenvalue weighted by molar-refractivity contribution is 5.66. The number of ether oxygens (including phenoxy) is 3. The van der Waals surface area contributed by atoms with Crippen molar-refractivity contribution in [2.75, 3.05) is 32.8 Å². The van der Waals surface area contributed by atoms with Crippen LogP contribution in [0.4, 0.5) is 20.4 Å². The van der Waals surface area contributed by atoms with E-state index in [1.807, 2.05) is 6.07 Å². The van der Waals surface area contributed by atoms with Gasteiger partial charge in [-0.05, 0) is 66.1 Å². The number of halogens is 2. The minimum Gasteiger partial charge on any atom is -0.380 e. The van der Waals surface area contributed by atoms with Crippen LogP contribution < -0.4 is 11.1 Å².